The van der Waals surface area contributed by atoms with Gasteiger partial charge >= 0.3 is 0 Å². The normalized spacial score (nSPS) is 14.1. The van der Waals surface area contributed by atoms with Crippen LogP contribution in [0, 0.1) is 5.82 Å². The smallest absolute Gasteiger partial charge is 0.244 e. The molecule has 0 radical (unpaired) electrons. The Kier molecular flexibility index (Phi) is 10.6. The molecule has 1 N–H and O–H groups in total. The highest BCUT2D eigenvalue weighted by Gasteiger charge is 2.35. The molecule has 11 heteroatoms. The van der Waals surface area contributed by atoms with Gasteiger partial charge in [-0.15, -0.1) is 0 Å². The quantitative estimate of drug-likeness (QED) is 0.309. The van der Waals surface area contributed by atoms with E-state index in [0.717, 1.165) is 41.8 Å². The monoisotopic (exact) mass is 611 g/mol. The first kappa shape index (κ1) is 31.8. The highest BCUT2D eigenvalue weighted by Crippen LogP contribution is 2.34. The lowest BCUT2D eigenvalue weighted by atomic mass is 10.0. The van der Waals surface area contributed by atoms with E-state index in [0.29, 0.717) is 5.75 Å². The van der Waals surface area contributed by atoms with Crippen LogP contribution in [0.1, 0.15) is 36.8 Å². The van der Waals surface area contributed by atoms with Crippen LogP contribution in [0.2, 0.25) is 0 Å². The molecule has 1 aliphatic carbocycles. The number of hydrogen-bond acceptors (Lipinski definition) is 6. The number of halogens is 1. The number of anilines is 1. The molecule has 1 unspecified atom stereocenters. The Morgan fingerprint density at radius 3 is 2.28 bits per heavy atom. The number of nitrogens with one attached hydrogen (secondary N) is 1. The molecular formula is C32H38FN3O6S. The summed E-state index contributed by atoms with van der Waals surface area (Å²) >= 11 is 0. The number of methoxy groups -OCH3 is 2. The Balaban J connectivity index is 1.77. The molecule has 0 aliphatic heterocycles. The van der Waals surface area contributed by atoms with Gasteiger partial charge in [-0.1, -0.05) is 61.4 Å². The Morgan fingerprint density at radius 2 is 1.65 bits per heavy atom. The summed E-state index contributed by atoms with van der Waals surface area (Å²) in [7, 11) is -1.20. The predicted molar refractivity (Wildman–Crippen MR) is 163 cm³/mol. The van der Waals surface area contributed by atoms with Gasteiger partial charge in [0.15, 0.2) is 0 Å². The lowest BCUT2D eigenvalue weighted by Gasteiger charge is -2.34. The number of sulfonamides is 1. The topological polar surface area (TPSA) is 105 Å². The molecule has 4 rings (SSSR count). The van der Waals surface area contributed by atoms with Gasteiger partial charge in [-0.2, -0.15) is 0 Å². The van der Waals surface area contributed by atoms with Crippen molar-refractivity contribution in [3.63, 3.8) is 0 Å². The van der Waals surface area contributed by atoms with E-state index >= 15 is 0 Å². The predicted octanol–water partition coefficient (Wildman–Crippen LogP) is 4.31. The first-order valence-electron chi connectivity index (χ1n) is 14.2. The zero-order valence-corrected chi connectivity index (χ0v) is 25.5. The van der Waals surface area contributed by atoms with Crippen molar-refractivity contribution in [3.8, 4) is 11.5 Å². The van der Waals surface area contributed by atoms with Crippen LogP contribution in [0.5, 0.6) is 11.5 Å². The molecule has 0 heterocycles. The second-order valence-electron chi connectivity index (χ2n) is 10.6. The van der Waals surface area contributed by atoms with E-state index in [4.69, 9.17) is 9.47 Å². The molecule has 0 saturated heterocycles. The number of amides is 2. The number of carbonyl (C=O) groups is 2. The second kappa shape index (κ2) is 14.4. The molecule has 3 aromatic carbocycles. The van der Waals surface area contributed by atoms with Crippen molar-refractivity contribution in [1.82, 2.24) is 10.2 Å². The lowest BCUT2D eigenvalue weighted by molar-refractivity contribution is -0.140. The third-order valence-electron chi connectivity index (χ3n) is 7.61. The number of benzene rings is 3. The molecule has 43 heavy (non-hydrogen) atoms. The van der Waals surface area contributed by atoms with Gasteiger partial charge in [-0.25, -0.2) is 12.8 Å². The fourth-order valence-electron chi connectivity index (χ4n) is 5.32. The summed E-state index contributed by atoms with van der Waals surface area (Å²) in [5.74, 6) is -1.02. The summed E-state index contributed by atoms with van der Waals surface area (Å²) in [5.41, 5.74) is 1.10. The van der Waals surface area contributed by atoms with Gasteiger partial charge < -0.3 is 19.7 Å². The van der Waals surface area contributed by atoms with Crippen LogP contribution in [0.3, 0.4) is 0 Å². The zero-order chi connectivity index (χ0) is 31.0. The maximum atomic E-state index is 15.0. The van der Waals surface area contributed by atoms with E-state index < -0.39 is 34.3 Å². The summed E-state index contributed by atoms with van der Waals surface area (Å²) in [4.78, 5) is 29.4. The molecule has 2 amide bonds. The molecule has 1 fully saturated rings. The summed E-state index contributed by atoms with van der Waals surface area (Å²) in [6.07, 6.45) is 4.80. The maximum absolute atomic E-state index is 15.0. The van der Waals surface area contributed by atoms with Crippen LogP contribution in [0.15, 0.2) is 72.8 Å². The molecule has 0 bridgehead atoms. The summed E-state index contributed by atoms with van der Waals surface area (Å²) in [6.45, 7) is -0.896. The Labute approximate surface area is 252 Å². The summed E-state index contributed by atoms with van der Waals surface area (Å²) in [5, 5.41) is 3.09. The molecule has 0 spiro atoms. The molecule has 1 aliphatic rings. The second-order valence-corrected chi connectivity index (χ2v) is 12.5. The van der Waals surface area contributed by atoms with E-state index in [2.05, 4.69) is 5.32 Å². The molecule has 3 aromatic rings. The van der Waals surface area contributed by atoms with Gasteiger partial charge in [0.1, 0.15) is 29.9 Å². The average molecular weight is 612 g/mol. The van der Waals surface area contributed by atoms with Crippen LogP contribution in [0.25, 0.3) is 0 Å². The summed E-state index contributed by atoms with van der Waals surface area (Å²) in [6, 6.07) is 18.8. The van der Waals surface area contributed by atoms with Gasteiger partial charge in [0.25, 0.3) is 0 Å². The number of rotatable bonds is 13. The minimum absolute atomic E-state index is 0.0234. The van der Waals surface area contributed by atoms with Crippen molar-refractivity contribution < 1.29 is 31.9 Å². The van der Waals surface area contributed by atoms with E-state index in [1.165, 1.54) is 31.3 Å². The number of hydrogen-bond donors (Lipinski definition) is 1. The molecule has 9 nitrogen and oxygen atoms in total. The maximum Gasteiger partial charge on any atom is 0.244 e. The van der Waals surface area contributed by atoms with Crippen molar-refractivity contribution in [1.29, 1.82) is 0 Å². The van der Waals surface area contributed by atoms with E-state index in [-0.39, 0.29) is 41.9 Å². The summed E-state index contributed by atoms with van der Waals surface area (Å²) < 4.78 is 52.8. The van der Waals surface area contributed by atoms with Gasteiger partial charge in [-0.05, 0) is 36.6 Å². The standard InChI is InChI=1S/C32H38FN3O6S/c1-41-26-17-18-30(42-2)28(20-26)36(43(3,39)40)22-31(37)35(21-24-13-7-10-16-27(24)33)29(19-23-11-5-4-6-12-23)32(38)34-25-14-8-9-15-25/h4-7,10-13,16-18,20,25,29H,8-9,14-15,19,21-22H2,1-3H3,(H,34,38). The third-order valence-corrected chi connectivity index (χ3v) is 8.73. The largest absolute Gasteiger partial charge is 0.497 e. The highest BCUT2D eigenvalue weighted by atomic mass is 32.2. The molecule has 0 aromatic heterocycles. The number of ether oxygens (including phenoxy) is 2. The van der Waals surface area contributed by atoms with Crippen molar-refractivity contribution in [2.45, 2.75) is 50.7 Å². The van der Waals surface area contributed by atoms with Crippen LogP contribution in [0.4, 0.5) is 10.1 Å². The van der Waals surface area contributed by atoms with Crippen molar-refractivity contribution in [2.24, 2.45) is 0 Å². The van der Waals surface area contributed by atoms with E-state index in [1.54, 1.807) is 30.3 Å². The molecule has 1 atom stereocenters. The van der Waals surface area contributed by atoms with Gasteiger partial charge in [-0.3, -0.25) is 13.9 Å². The Hall–Kier alpha value is -4.12. The highest BCUT2D eigenvalue weighted by molar-refractivity contribution is 7.92. The molecule has 1 saturated carbocycles. The van der Waals surface area contributed by atoms with Crippen LogP contribution in [-0.2, 0) is 32.6 Å². The lowest BCUT2D eigenvalue weighted by Crippen LogP contribution is -2.54. The van der Waals surface area contributed by atoms with Crippen LogP contribution in [-0.4, -0.2) is 64.2 Å². The molecule has 230 valence electrons. The fourth-order valence-corrected chi connectivity index (χ4v) is 6.16. The van der Waals surface area contributed by atoms with E-state index in [1.807, 2.05) is 30.3 Å². The van der Waals surface area contributed by atoms with Gasteiger partial charge in [0.05, 0.1) is 26.2 Å². The van der Waals surface area contributed by atoms with Crippen LogP contribution >= 0.6 is 0 Å². The SMILES string of the molecule is COc1ccc(OC)c(N(CC(=O)N(Cc2ccccc2F)C(Cc2ccccc2)C(=O)NC2CCCC2)S(C)(=O)=O)c1. The minimum Gasteiger partial charge on any atom is -0.497 e. The Morgan fingerprint density at radius 1 is 0.977 bits per heavy atom. The fraction of sp³-hybridized carbons (Fsp3) is 0.375. The van der Waals surface area contributed by atoms with E-state index in [9.17, 15) is 22.4 Å². The van der Waals surface area contributed by atoms with Gasteiger partial charge in [0, 0.05) is 30.6 Å². The first-order valence-corrected chi connectivity index (χ1v) is 16.0. The minimum atomic E-state index is -4.03. The number of carbonyl (C=O) groups excluding carboxylic acids is 2. The zero-order valence-electron chi connectivity index (χ0n) is 24.7. The van der Waals surface area contributed by atoms with Crippen molar-refractivity contribution >= 4 is 27.5 Å². The first-order chi connectivity index (χ1) is 20.6. The molecular weight excluding hydrogens is 573 g/mol. The van der Waals surface area contributed by atoms with Crippen molar-refractivity contribution in [3.05, 3.63) is 89.7 Å². The van der Waals surface area contributed by atoms with Gasteiger partial charge in [0.2, 0.25) is 21.8 Å². The average Bonchev–Trinajstić information content (AvgIpc) is 3.51. The third kappa shape index (κ3) is 8.25. The van der Waals surface area contributed by atoms with Crippen molar-refractivity contribution in [2.75, 3.05) is 31.3 Å². The Bertz CT molecular complexity index is 1510. The van der Waals surface area contributed by atoms with Crippen LogP contribution < -0.4 is 19.1 Å². The number of nitrogens with zero attached hydrogens (tertiary/aromatic N) is 2.